The molecule has 1 rings (SSSR count). The zero-order valence-electron chi connectivity index (χ0n) is 10.1. The van der Waals surface area contributed by atoms with E-state index in [0.717, 1.165) is 18.2 Å². The van der Waals surface area contributed by atoms with E-state index in [0.29, 0.717) is 0 Å². The Kier molecular flexibility index (Phi) is 5.38. The second-order valence-electron chi connectivity index (χ2n) is 3.55. The van der Waals surface area contributed by atoms with Gasteiger partial charge in [0.15, 0.2) is 4.90 Å². The van der Waals surface area contributed by atoms with Crippen LogP contribution in [0, 0.1) is 15.9 Å². The minimum Gasteiger partial charge on any atom is -0.258 e. The number of azide groups is 1. The second-order valence-corrected chi connectivity index (χ2v) is 5.28. The van der Waals surface area contributed by atoms with Gasteiger partial charge in [-0.25, -0.2) is 13.1 Å². The van der Waals surface area contributed by atoms with Crippen LogP contribution >= 0.6 is 0 Å². The molecule has 0 fully saturated rings. The number of nitrogens with zero attached hydrogens (tertiary/aromatic N) is 4. The number of halogens is 1. The predicted molar refractivity (Wildman–Crippen MR) is 66.9 cm³/mol. The van der Waals surface area contributed by atoms with E-state index < -0.39 is 31.3 Å². The van der Waals surface area contributed by atoms with Gasteiger partial charge >= 0.3 is 5.69 Å². The molecule has 0 aliphatic carbocycles. The Hall–Kier alpha value is -2.23. The number of sulfonamides is 1. The van der Waals surface area contributed by atoms with Gasteiger partial charge in [0.05, 0.1) is 4.92 Å². The number of para-hydroxylation sites is 1. The summed E-state index contributed by atoms with van der Waals surface area (Å²) < 4.78 is 39.1. The number of nitrogens with one attached hydrogen (secondary N) is 1. The van der Waals surface area contributed by atoms with Gasteiger partial charge in [0.1, 0.15) is 0 Å². The molecule has 0 aromatic heterocycles. The quantitative estimate of drug-likeness (QED) is 0.204. The zero-order valence-corrected chi connectivity index (χ0v) is 10.9. The molecule has 9 nitrogen and oxygen atoms in total. The first-order chi connectivity index (χ1) is 9.40. The summed E-state index contributed by atoms with van der Waals surface area (Å²) in [5.41, 5.74) is 6.93. The van der Waals surface area contributed by atoms with Crippen molar-refractivity contribution in [1.82, 2.24) is 4.72 Å². The highest BCUT2D eigenvalue weighted by Gasteiger charge is 2.28. The lowest BCUT2D eigenvalue weighted by molar-refractivity contribution is -0.390. The SMILES string of the molecule is [N-]=[N+]=NCCCNS(=O)(=O)c1cccc(F)c1[N+](=O)[O-]. The third-order valence-electron chi connectivity index (χ3n) is 2.21. The Labute approximate surface area is 113 Å². The highest BCUT2D eigenvalue weighted by atomic mass is 32.2. The van der Waals surface area contributed by atoms with Crippen molar-refractivity contribution in [2.45, 2.75) is 11.3 Å². The van der Waals surface area contributed by atoms with Crippen LogP contribution < -0.4 is 4.72 Å². The summed E-state index contributed by atoms with van der Waals surface area (Å²) in [6.07, 6.45) is 0.215. The molecule has 0 radical (unpaired) electrons. The van der Waals surface area contributed by atoms with Gasteiger partial charge in [0.2, 0.25) is 15.8 Å². The lowest BCUT2D eigenvalue weighted by atomic mass is 10.3. The molecule has 0 spiro atoms. The number of hydrogen-bond acceptors (Lipinski definition) is 5. The Morgan fingerprint density at radius 1 is 1.50 bits per heavy atom. The van der Waals surface area contributed by atoms with Gasteiger partial charge in [0.25, 0.3) is 0 Å². The Balaban J connectivity index is 2.96. The molecule has 0 unspecified atom stereocenters. The van der Waals surface area contributed by atoms with Crippen molar-refractivity contribution in [1.29, 1.82) is 0 Å². The molecule has 0 atom stereocenters. The highest BCUT2D eigenvalue weighted by Crippen LogP contribution is 2.26. The zero-order chi connectivity index (χ0) is 15.2. The van der Waals surface area contributed by atoms with E-state index in [1.165, 1.54) is 0 Å². The van der Waals surface area contributed by atoms with Gasteiger partial charge in [-0.3, -0.25) is 10.1 Å². The molecule has 0 aliphatic rings. The summed E-state index contributed by atoms with van der Waals surface area (Å²) in [7, 11) is -4.21. The Bertz CT molecular complexity index is 656. The third kappa shape index (κ3) is 3.88. The number of nitro groups is 1. The maximum Gasteiger partial charge on any atom is 0.324 e. The van der Waals surface area contributed by atoms with E-state index in [1.807, 2.05) is 0 Å². The summed E-state index contributed by atoms with van der Waals surface area (Å²) >= 11 is 0. The van der Waals surface area contributed by atoms with Gasteiger partial charge < -0.3 is 0 Å². The lowest BCUT2D eigenvalue weighted by Crippen LogP contribution is -2.26. The van der Waals surface area contributed by atoms with Gasteiger partial charge in [-0.1, -0.05) is 11.2 Å². The fraction of sp³-hybridized carbons (Fsp3) is 0.333. The summed E-state index contributed by atoms with van der Waals surface area (Å²) in [5.74, 6) is -1.23. The average molecular weight is 303 g/mol. The first-order valence-corrected chi connectivity index (χ1v) is 6.82. The van der Waals surface area contributed by atoms with Gasteiger partial charge in [-0.05, 0) is 24.1 Å². The number of hydrogen-bond donors (Lipinski definition) is 1. The van der Waals surface area contributed by atoms with Gasteiger partial charge in [-0.2, -0.15) is 4.39 Å². The number of rotatable bonds is 7. The molecular weight excluding hydrogens is 293 g/mol. The van der Waals surface area contributed by atoms with Crippen LogP contribution in [-0.2, 0) is 10.0 Å². The van der Waals surface area contributed by atoms with Crippen molar-refractivity contribution in [2.24, 2.45) is 5.11 Å². The number of nitro benzene ring substituents is 1. The largest absolute Gasteiger partial charge is 0.324 e. The third-order valence-corrected chi connectivity index (χ3v) is 3.70. The standard InChI is InChI=1S/C9H10FN5O4S/c10-7-3-1-4-8(9(7)15(16)17)20(18,19)13-6-2-5-12-14-11/h1,3-4,13H,2,5-6H2. The number of benzene rings is 1. The molecule has 1 aromatic carbocycles. The van der Waals surface area contributed by atoms with E-state index in [9.17, 15) is 22.9 Å². The normalized spacial score (nSPS) is 10.8. The molecule has 108 valence electrons. The minimum atomic E-state index is -4.21. The molecule has 0 heterocycles. The van der Waals surface area contributed by atoms with Crippen LogP contribution in [0.2, 0.25) is 0 Å². The Morgan fingerprint density at radius 2 is 2.20 bits per heavy atom. The van der Waals surface area contributed by atoms with Crippen molar-refractivity contribution in [3.63, 3.8) is 0 Å². The molecule has 11 heteroatoms. The van der Waals surface area contributed by atoms with E-state index in [4.69, 9.17) is 5.53 Å². The summed E-state index contributed by atoms with van der Waals surface area (Å²) in [6.45, 7) is -0.0146. The molecule has 0 saturated carbocycles. The average Bonchev–Trinajstić information content (AvgIpc) is 2.37. The fourth-order valence-corrected chi connectivity index (χ4v) is 2.62. The molecule has 20 heavy (non-hydrogen) atoms. The first kappa shape index (κ1) is 15.8. The first-order valence-electron chi connectivity index (χ1n) is 5.33. The van der Waals surface area contributed by atoms with E-state index in [1.54, 1.807) is 0 Å². The Morgan fingerprint density at radius 3 is 2.80 bits per heavy atom. The van der Waals surface area contributed by atoms with Crippen LogP contribution in [0.15, 0.2) is 28.2 Å². The van der Waals surface area contributed by atoms with Crippen LogP contribution in [0.1, 0.15) is 6.42 Å². The van der Waals surface area contributed by atoms with Crippen molar-refractivity contribution >= 4 is 15.7 Å². The lowest BCUT2D eigenvalue weighted by Gasteiger charge is -2.06. The van der Waals surface area contributed by atoms with Crippen LogP contribution in [0.3, 0.4) is 0 Å². The summed E-state index contributed by atoms with van der Waals surface area (Å²) in [5, 5.41) is 13.9. The second kappa shape index (κ2) is 6.80. The van der Waals surface area contributed by atoms with E-state index in [2.05, 4.69) is 14.7 Å². The van der Waals surface area contributed by atoms with E-state index in [-0.39, 0.29) is 19.5 Å². The van der Waals surface area contributed by atoms with Crippen LogP contribution in [0.25, 0.3) is 10.4 Å². The monoisotopic (exact) mass is 303 g/mol. The van der Waals surface area contributed by atoms with Gasteiger partial charge in [0, 0.05) is 18.0 Å². The fourth-order valence-electron chi connectivity index (χ4n) is 1.37. The molecule has 0 bridgehead atoms. The molecular formula is C9H10FN5O4S. The maximum atomic E-state index is 13.3. The van der Waals surface area contributed by atoms with Crippen LogP contribution in [-0.4, -0.2) is 26.4 Å². The molecule has 1 aromatic rings. The predicted octanol–water partition coefficient (Wildman–Crippen LogP) is 1.71. The topological polar surface area (TPSA) is 138 Å². The molecule has 0 saturated heterocycles. The van der Waals surface area contributed by atoms with Crippen molar-refractivity contribution in [3.05, 3.63) is 44.6 Å². The minimum absolute atomic E-state index is 0.0737. The summed E-state index contributed by atoms with van der Waals surface area (Å²) in [6, 6.07) is 2.81. The molecule has 1 N–H and O–H groups in total. The highest BCUT2D eigenvalue weighted by molar-refractivity contribution is 7.89. The molecule has 0 amide bonds. The molecule has 0 aliphatic heterocycles. The maximum absolute atomic E-state index is 13.3. The van der Waals surface area contributed by atoms with Crippen LogP contribution in [0.5, 0.6) is 0 Å². The van der Waals surface area contributed by atoms with Gasteiger partial charge in [-0.15, -0.1) is 0 Å². The van der Waals surface area contributed by atoms with Crippen molar-refractivity contribution in [3.8, 4) is 0 Å². The summed E-state index contributed by atoms with van der Waals surface area (Å²) in [4.78, 5) is 11.4. The van der Waals surface area contributed by atoms with Crippen molar-refractivity contribution in [2.75, 3.05) is 13.1 Å². The smallest absolute Gasteiger partial charge is 0.258 e. The van der Waals surface area contributed by atoms with Crippen molar-refractivity contribution < 1.29 is 17.7 Å². The van der Waals surface area contributed by atoms with E-state index >= 15 is 0 Å². The van der Waals surface area contributed by atoms with Crippen LogP contribution in [0.4, 0.5) is 10.1 Å².